The van der Waals surface area contributed by atoms with Crippen LogP contribution in [-0.2, 0) is 6.18 Å². The van der Waals surface area contributed by atoms with E-state index in [1.807, 2.05) is 0 Å². The Morgan fingerprint density at radius 1 is 1.17 bits per heavy atom. The summed E-state index contributed by atoms with van der Waals surface area (Å²) < 4.78 is 37.8. The molecule has 1 aromatic rings. The van der Waals surface area contributed by atoms with Crippen molar-refractivity contribution in [2.45, 2.75) is 58.7 Å². The van der Waals surface area contributed by atoms with Gasteiger partial charge in [0.25, 0.3) is 11.5 Å². The van der Waals surface area contributed by atoms with Gasteiger partial charge in [0, 0.05) is 6.04 Å². The maximum absolute atomic E-state index is 12.6. The second-order valence-corrected chi connectivity index (χ2v) is 7.45. The molecule has 2 rings (SSSR count). The lowest BCUT2D eigenvalue weighted by Gasteiger charge is -2.40. The summed E-state index contributed by atoms with van der Waals surface area (Å²) in [7, 11) is 0. The van der Waals surface area contributed by atoms with E-state index in [4.69, 9.17) is 0 Å². The Hall–Kier alpha value is -1.79. The highest BCUT2D eigenvalue weighted by atomic mass is 19.4. The van der Waals surface area contributed by atoms with E-state index in [2.05, 4.69) is 26.1 Å². The minimum Gasteiger partial charge on any atom is -0.349 e. The number of halogens is 3. The van der Waals surface area contributed by atoms with Crippen LogP contribution >= 0.6 is 0 Å². The molecular formula is C17H23F3N2O2. The van der Waals surface area contributed by atoms with Crippen molar-refractivity contribution in [2.75, 3.05) is 0 Å². The first-order valence-electron chi connectivity index (χ1n) is 8.11. The summed E-state index contributed by atoms with van der Waals surface area (Å²) >= 11 is 0. The summed E-state index contributed by atoms with van der Waals surface area (Å²) in [6.45, 7) is 6.31. The van der Waals surface area contributed by atoms with Gasteiger partial charge in [-0.25, -0.2) is 0 Å². The van der Waals surface area contributed by atoms with E-state index in [0.717, 1.165) is 37.8 Å². The molecule has 7 heteroatoms. The van der Waals surface area contributed by atoms with E-state index in [-0.39, 0.29) is 22.9 Å². The summed E-state index contributed by atoms with van der Waals surface area (Å²) in [5.74, 6) is -0.352. The lowest BCUT2D eigenvalue weighted by atomic mass is 9.69. The van der Waals surface area contributed by atoms with Crippen LogP contribution in [0.3, 0.4) is 0 Å². The molecule has 0 radical (unpaired) electrons. The third-order valence-corrected chi connectivity index (χ3v) is 4.65. The second kappa shape index (κ2) is 6.61. The molecule has 1 saturated carbocycles. The molecule has 0 aliphatic heterocycles. The maximum atomic E-state index is 12.6. The van der Waals surface area contributed by atoms with Gasteiger partial charge in [0.2, 0.25) is 0 Å². The molecule has 0 bridgehead atoms. The van der Waals surface area contributed by atoms with Crippen LogP contribution < -0.4 is 10.9 Å². The number of hydrogen-bond donors (Lipinski definition) is 2. The average Bonchev–Trinajstić information content (AvgIpc) is 2.45. The van der Waals surface area contributed by atoms with Gasteiger partial charge in [0.15, 0.2) is 0 Å². The summed E-state index contributed by atoms with van der Waals surface area (Å²) in [5, 5.41) is 2.85. The number of hydrogen-bond acceptors (Lipinski definition) is 2. The molecule has 1 amide bonds. The molecule has 24 heavy (non-hydrogen) atoms. The van der Waals surface area contributed by atoms with Gasteiger partial charge >= 0.3 is 6.18 Å². The van der Waals surface area contributed by atoms with E-state index in [1.165, 1.54) is 0 Å². The Bertz CT molecular complexity index is 659. The first-order valence-corrected chi connectivity index (χ1v) is 8.11. The highest BCUT2D eigenvalue weighted by Crippen LogP contribution is 2.38. The Kier molecular flexibility index (Phi) is 5.11. The number of nitrogens with one attached hydrogen (secondary N) is 2. The van der Waals surface area contributed by atoms with Gasteiger partial charge < -0.3 is 10.3 Å². The minimum atomic E-state index is -4.64. The summed E-state index contributed by atoms with van der Waals surface area (Å²) in [5.41, 5.74) is -2.47. The van der Waals surface area contributed by atoms with Crippen LogP contribution in [0.5, 0.6) is 0 Å². The van der Waals surface area contributed by atoms with E-state index in [9.17, 15) is 22.8 Å². The van der Waals surface area contributed by atoms with E-state index < -0.39 is 23.3 Å². The predicted octanol–water partition coefficient (Wildman–Crippen LogP) is 3.73. The molecule has 1 heterocycles. The monoisotopic (exact) mass is 344 g/mol. The topological polar surface area (TPSA) is 62.0 Å². The Labute approximate surface area is 138 Å². The van der Waals surface area contributed by atoms with Crippen molar-refractivity contribution < 1.29 is 18.0 Å². The number of rotatable bonds is 2. The van der Waals surface area contributed by atoms with Crippen molar-refractivity contribution in [3.8, 4) is 0 Å². The van der Waals surface area contributed by atoms with Crippen molar-refractivity contribution in [3.05, 3.63) is 33.7 Å². The first-order chi connectivity index (χ1) is 11.0. The number of alkyl halides is 3. The Balaban J connectivity index is 2.19. The van der Waals surface area contributed by atoms with Crippen LogP contribution in [0.4, 0.5) is 13.2 Å². The molecular weight excluding hydrogens is 321 g/mol. The van der Waals surface area contributed by atoms with Crippen molar-refractivity contribution in [2.24, 2.45) is 11.3 Å². The molecule has 0 saturated heterocycles. The molecule has 1 aliphatic rings. The molecule has 0 aromatic carbocycles. The lowest BCUT2D eigenvalue weighted by molar-refractivity contribution is -0.141. The van der Waals surface area contributed by atoms with Crippen LogP contribution in [0, 0.1) is 11.3 Å². The van der Waals surface area contributed by atoms with Crippen molar-refractivity contribution in [1.29, 1.82) is 0 Å². The maximum Gasteiger partial charge on any atom is 0.431 e. The van der Waals surface area contributed by atoms with Crippen molar-refractivity contribution in [3.63, 3.8) is 0 Å². The highest BCUT2D eigenvalue weighted by molar-refractivity contribution is 5.94. The number of carbonyl (C=O) groups excluding carboxylic acids is 1. The fourth-order valence-electron chi connectivity index (χ4n) is 3.40. The molecule has 0 spiro atoms. The molecule has 2 unspecified atom stereocenters. The molecule has 1 aliphatic carbocycles. The summed E-state index contributed by atoms with van der Waals surface area (Å²) in [4.78, 5) is 25.9. The quantitative estimate of drug-likeness (QED) is 0.859. The molecule has 1 aromatic heterocycles. The molecule has 2 N–H and O–H groups in total. The highest BCUT2D eigenvalue weighted by Gasteiger charge is 2.36. The molecule has 1 fully saturated rings. The molecule has 4 nitrogen and oxygen atoms in total. The number of aromatic nitrogens is 1. The van der Waals surface area contributed by atoms with Gasteiger partial charge in [0.05, 0.1) is 0 Å². The fourth-order valence-corrected chi connectivity index (χ4v) is 3.40. The van der Waals surface area contributed by atoms with E-state index in [1.54, 1.807) is 4.98 Å². The van der Waals surface area contributed by atoms with E-state index >= 15 is 0 Å². The third-order valence-electron chi connectivity index (χ3n) is 4.65. The number of carbonyl (C=O) groups is 1. The third kappa shape index (κ3) is 4.19. The van der Waals surface area contributed by atoms with Crippen LogP contribution in [-0.4, -0.2) is 16.9 Å². The molecule has 134 valence electrons. The predicted molar refractivity (Wildman–Crippen MR) is 84.7 cm³/mol. The zero-order valence-electron chi connectivity index (χ0n) is 14.1. The van der Waals surface area contributed by atoms with Gasteiger partial charge in [-0.1, -0.05) is 33.6 Å². The van der Waals surface area contributed by atoms with Gasteiger partial charge in [0.1, 0.15) is 11.3 Å². The van der Waals surface area contributed by atoms with Crippen LogP contribution in [0.25, 0.3) is 0 Å². The van der Waals surface area contributed by atoms with Gasteiger partial charge in [-0.3, -0.25) is 9.59 Å². The smallest absolute Gasteiger partial charge is 0.349 e. The van der Waals surface area contributed by atoms with Crippen molar-refractivity contribution >= 4 is 5.91 Å². The number of aromatic amines is 1. The standard InChI is InChI=1S/C17H23F3N2O2/c1-16(2,3)11-6-4-5-7-12(11)21-14(23)10-8-9-13(17(18,19)20)22-15(10)24/h8-9,11-12H,4-7H2,1-3H3,(H,21,23)(H,22,24). The van der Waals surface area contributed by atoms with Crippen LogP contribution in [0.15, 0.2) is 16.9 Å². The van der Waals surface area contributed by atoms with Crippen LogP contribution in [0.1, 0.15) is 62.5 Å². The summed E-state index contributed by atoms with van der Waals surface area (Å²) in [6.07, 6.45) is -0.769. The van der Waals surface area contributed by atoms with Gasteiger partial charge in [-0.15, -0.1) is 0 Å². The normalized spacial score (nSPS) is 22.2. The molecule has 2 atom stereocenters. The van der Waals surface area contributed by atoms with Gasteiger partial charge in [-0.05, 0) is 36.3 Å². The Morgan fingerprint density at radius 3 is 2.33 bits per heavy atom. The number of amides is 1. The number of pyridine rings is 1. The zero-order chi connectivity index (χ0) is 18.1. The zero-order valence-corrected chi connectivity index (χ0v) is 14.1. The SMILES string of the molecule is CC(C)(C)C1CCCCC1NC(=O)c1ccc(C(F)(F)F)[nH]c1=O. The number of H-pyrrole nitrogens is 1. The minimum absolute atomic E-state index is 0.00489. The largest absolute Gasteiger partial charge is 0.431 e. The summed E-state index contributed by atoms with van der Waals surface area (Å²) in [6, 6.07) is 1.58. The van der Waals surface area contributed by atoms with Crippen LogP contribution in [0.2, 0.25) is 0 Å². The van der Waals surface area contributed by atoms with Gasteiger partial charge in [-0.2, -0.15) is 13.2 Å². The fraction of sp³-hybridized carbons (Fsp3) is 0.647. The van der Waals surface area contributed by atoms with Crippen molar-refractivity contribution in [1.82, 2.24) is 10.3 Å². The lowest BCUT2D eigenvalue weighted by Crippen LogP contribution is -2.47. The first kappa shape index (κ1) is 18.5. The van der Waals surface area contributed by atoms with E-state index in [0.29, 0.717) is 0 Å². The second-order valence-electron chi connectivity index (χ2n) is 7.45. The Morgan fingerprint density at radius 2 is 1.79 bits per heavy atom. The average molecular weight is 344 g/mol.